The molecular formula is C21H23BrCl2N2O3. The average Bonchev–Trinajstić information content (AvgIpc) is 2.69. The second-order valence-corrected chi connectivity index (χ2v) is 8.21. The van der Waals surface area contributed by atoms with Gasteiger partial charge in [-0.2, -0.15) is 0 Å². The molecule has 0 aliphatic carbocycles. The van der Waals surface area contributed by atoms with Crippen molar-refractivity contribution in [3.05, 3.63) is 62.5 Å². The van der Waals surface area contributed by atoms with Crippen LogP contribution in [0.5, 0.6) is 5.75 Å². The van der Waals surface area contributed by atoms with Crippen LogP contribution in [0, 0.1) is 0 Å². The van der Waals surface area contributed by atoms with Crippen molar-refractivity contribution < 1.29 is 14.3 Å². The lowest BCUT2D eigenvalue weighted by Gasteiger charge is -2.29. The van der Waals surface area contributed by atoms with E-state index in [-0.39, 0.29) is 25.0 Å². The number of halogens is 3. The van der Waals surface area contributed by atoms with E-state index >= 15 is 0 Å². The lowest BCUT2D eigenvalue weighted by atomic mass is 10.1. The highest BCUT2D eigenvalue weighted by molar-refractivity contribution is 9.10. The summed E-state index contributed by atoms with van der Waals surface area (Å²) in [5.74, 6) is -0.0329. The second kappa shape index (κ2) is 11.4. The molecule has 156 valence electrons. The van der Waals surface area contributed by atoms with Crippen LogP contribution in [0.15, 0.2) is 46.9 Å². The summed E-state index contributed by atoms with van der Waals surface area (Å²) in [7, 11) is 0. The van der Waals surface area contributed by atoms with Gasteiger partial charge in [-0.25, -0.2) is 0 Å². The molecule has 2 rings (SSSR count). The zero-order valence-corrected chi connectivity index (χ0v) is 19.4. The number of ether oxygens (including phenoxy) is 1. The SMILES string of the molecule is CCCNC(=O)[C@@H](C)N(Cc1cccc(Cl)c1)C(=O)COc1ccc(Cl)cc1Br. The van der Waals surface area contributed by atoms with Gasteiger partial charge in [-0.15, -0.1) is 0 Å². The standard InChI is InChI=1S/C21H23BrCl2N2O3/c1-3-9-25-21(28)14(2)26(12-15-5-4-6-16(23)10-15)20(27)13-29-19-8-7-17(24)11-18(19)22/h4-8,10-11,14H,3,9,12-13H2,1-2H3,(H,25,28)/t14-/m1/s1. The van der Waals surface area contributed by atoms with Crippen molar-refractivity contribution in [2.75, 3.05) is 13.2 Å². The summed E-state index contributed by atoms with van der Waals surface area (Å²) in [6.07, 6.45) is 0.814. The van der Waals surface area contributed by atoms with Crippen molar-refractivity contribution in [1.82, 2.24) is 10.2 Å². The molecule has 29 heavy (non-hydrogen) atoms. The number of amides is 2. The fourth-order valence-electron chi connectivity index (χ4n) is 2.63. The molecule has 8 heteroatoms. The zero-order valence-electron chi connectivity index (χ0n) is 16.3. The lowest BCUT2D eigenvalue weighted by Crippen LogP contribution is -2.49. The van der Waals surface area contributed by atoms with Crippen molar-refractivity contribution >= 4 is 50.9 Å². The Morgan fingerprint density at radius 1 is 1.17 bits per heavy atom. The van der Waals surface area contributed by atoms with E-state index in [1.54, 1.807) is 37.3 Å². The molecule has 0 saturated carbocycles. The molecule has 0 saturated heterocycles. The quantitative estimate of drug-likeness (QED) is 0.521. The Kier molecular flexibility index (Phi) is 9.27. The predicted molar refractivity (Wildman–Crippen MR) is 119 cm³/mol. The first kappa shape index (κ1) is 23.5. The molecule has 0 aliphatic heterocycles. The molecule has 5 nitrogen and oxygen atoms in total. The molecule has 1 atom stereocenters. The van der Waals surface area contributed by atoms with E-state index in [4.69, 9.17) is 27.9 Å². The molecule has 0 bridgehead atoms. The Bertz CT molecular complexity index is 864. The van der Waals surface area contributed by atoms with Gasteiger partial charge >= 0.3 is 0 Å². The van der Waals surface area contributed by atoms with Crippen molar-refractivity contribution in [2.45, 2.75) is 32.9 Å². The number of rotatable bonds is 9. The van der Waals surface area contributed by atoms with E-state index in [1.165, 1.54) is 4.90 Å². The Hall–Kier alpha value is -1.76. The smallest absolute Gasteiger partial charge is 0.261 e. The molecular weight excluding hydrogens is 479 g/mol. The number of carbonyl (C=O) groups excluding carboxylic acids is 2. The van der Waals surface area contributed by atoms with E-state index < -0.39 is 6.04 Å². The van der Waals surface area contributed by atoms with Gasteiger partial charge in [0.25, 0.3) is 5.91 Å². The first-order chi connectivity index (χ1) is 13.8. The third-order valence-corrected chi connectivity index (χ3v) is 5.29. The van der Waals surface area contributed by atoms with Crippen molar-refractivity contribution in [1.29, 1.82) is 0 Å². The van der Waals surface area contributed by atoms with Crippen molar-refractivity contribution in [3.63, 3.8) is 0 Å². The average molecular weight is 502 g/mol. The van der Waals surface area contributed by atoms with Gasteiger partial charge in [-0.05, 0) is 65.2 Å². The van der Waals surface area contributed by atoms with Gasteiger partial charge in [0.15, 0.2) is 6.61 Å². The minimum atomic E-state index is -0.662. The van der Waals surface area contributed by atoms with Crippen LogP contribution in [0.4, 0.5) is 0 Å². The first-order valence-corrected chi connectivity index (χ1v) is 10.8. The highest BCUT2D eigenvalue weighted by Crippen LogP contribution is 2.28. The van der Waals surface area contributed by atoms with Crippen molar-refractivity contribution in [2.24, 2.45) is 0 Å². The molecule has 0 fully saturated rings. The van der Waals surface area contributed by atoms with E-state index in [2.05, 4.69) is 21.2 Å². The normalized spacial score (nSPS) is 11.6. The lowest BCUT2D eigenvalue weighted by molar-refractivity contribution is -0.142. The Labute approximate surface area is 189 Å². The highest BCUT2D eigenvalue weighted by Gasteiger charge is 2.26. The molecule has 0 heterocycles. The molecule has 0 aromatic heterocycles. The van der Waals surface area contributed by atoms with Crippen LogP contribution in [0.3, 0.4) is 0 Å². The largest absolute Gasteiger partial charge is 0.483 e. The summed E-state index contributed by atoms with van der Waals surface area (Å²) in [6.45, 7) is 4.25. The van der Waals surface area contributed by atoms with Crippen molar-refractivity contribution in [3.8, 4) is 5.75 Å². The van der Waals surface area contributed by atoms with Crippen LogP contribution in [0.2, 0.25) is 10.0 Å². The van der Waals surface area contributed by atoms with E-state index in [1.807, 2.05) is 19.1 Å². The summed E-state index contributed by atoms with van der Waals surface area (Å²) < 4.78 is 6.30. The van der Waals surface area contributed by atoms with Crippen LogP contribution >= 0.6 is 39.1 Å². The second-order valence-electron chi connectivity index (χ2n) is 6.48. The maximum absolute atomic E-state index is 13.0. The minimum Gasteiger partial charge on any atom is -0.483 e. The monoisotopic (exact) mass is 500 g/mol. The summed E-state index contributed by atoms with van der Waals surface area (Å²) >= 11 is 15.4. The number of nitrogens with one attached hydrogen (secondary N) is 1. The molecule has 0 unspecified atom stereocenters. The molecule has 0 aliphatic rings. The predicted octanol–water partition coefficient (Wildman–Crippen LogP) is 5.08. The van der Waals surface area contributed by atoms with Crippen LogP contribution in [-0.4, -0.2) is 35.9 Å². The number of benzene rings is 2. The molecule has 1 N–H and O–H groups in total. The third-order valence-electron chi connectivity index (χ3n) is 4.20. The van der Waals surface area contributed by atoms with E-state index in [9.17, 15) is 9.59 Å². The van der Waals surface area contributed by atoms with Gasteiger partial charge in [0.2, 0.25) is 5.91 Å². The van der Waals surface area contributed by atoms with E-state index in [0.717, 1.165) is 12.0 Å². The van der Waals surface area contributed by atoms with Crippen LogP contribution in [0.1, 0.15) is 25.8 Å². The van der Waals surface area contributed by atoms with Gasteiger partial charge in [-0.3, -0.25) is 9.59 Å². The third kappa shape index (κ3) is 7.21. The minimum absolute atomic E-state index is 0.213. The summed E-state index contributed by atoms with van der Waals surface area (Å²) in [6, 6.07) is 11.6. The number of nitrogens with zero attached hydrogens (tertiary/aromatic N) is 1. The number of carbonyl (C=O) groups is 2. The molecule has 2 aromatic rings. The van der Waals surface area contributed by atoms with Crippen LogP contribution in [0.25, 0.3) is 0 Å². The van der Waals surface area contributed by atoms with E-state index in [0.29, 0.717) is 26.8 Å². The Morgan fingerprint density at radius 3 is 2.55 bits per heavy atom. The zero-order chi connectivity index (χ0) is 21.4. The maximum atomic E-state index is 13.0. The number of hydrogen-bond donors (Lipinski definition) is 1. The van der Waals surface area contributed by atoms with Gasteiger partial charge in [0.1, 0.15) is 11.8 Å². The van der Waals surface area contributed by atoms with Gasteiger partial charge in [0, 0.05) is 23.1 Å². The van der Waals surface area contributed by atoms with Gasteiger partial charge in [0.05, 0.1) is 4.47 Å². The molecule has 2 amide bonds. The number of hydrogen-bond acceptors (Lipinski definition) is 3. The molecule has 0 spiro atoms. The topological polar surface area (TPSA) is 58.6 Å². The van der Waals surface area contributed by atoms with Crippen LogP contribution < -0.4 is 10.1 Å². The summed E-state index contributed by atoms with van der Waals surface area (Å²) in [5.41, 5.74) is 0.827. The summed E-state index contributed by atoms with van der Waals surface area (Å²) in [5, 5.41) is 3.96. The highest BCUT2D eigenvalue weighted by atomic mass is 79.9. The Morgan fingerprint density at radius 2 is 1.90 bits per heavy atom. The molecule has 0 radical (unpaired) electrons. The first-order valence-electron chi connectivity index (χ1n) is 9.21. The van der Waals surface area contributed by atoms with Gasteiger partial charge < -0.3 is 15.0 Å². The van der Waals surface area contributed by atoms with Gasteiger partial charge in [-0.1, -0.05) is 42.3 Å². The maximum Gasteiger partial charge on any atom is 0.261 e. The fraction of sp³-hybridized carbons (Fsp3) is 0.333. The fourth-order valence-corrected chi connectivity index (χ4v) is 3.64. The van der Waals surface area contributed by atoms with Crippen LogP contribution in [-0.2, 0) is 16.1 Å². The molecule has 2 aromatic carbocycles. The summed E-state index contributed by atoms with van der Waals surface area (Å²) in [4.78, 5) is 26.9. The Balaban J connectivity index is 2.15.